The van der Waals surface area contributed by atoms with Crippen LogP contribution in [-0.2, 0) is 7.05 Å². The molecule has 0 fully saturated rings. The van der Waals surface area contributed by atoms with Crippen molar-refractivity contribution in [1.82, 2.24) is 24.7 Å². The Bertz CT molecular complexity index is 1380. The van der Waals surface area contributed by atoms with E-state index in [-0.39, 0.29) is 5.75 Å². The maximum atomic E-state index is 14.9. The smallest absolute Gasteiger partial charge is 0.192 e. The molecule has 33 heavy (non-hydrogen) atoms. The zero-order valence-corrected chi connectivity index (χ0v) is 19.0. The SMILES string of the molecule is Cn1nccc1-c1cc(-c2cccnc2)ncc1Oc1ccc(SNc2nccs2)cc1F. The van der Waals surface area contributed by atoms with Gasteiger partial charge in [0, 0.05) is 53.2 Å². The Morgan fingerprint density at radius 2 is 1.97 bits per heavy atom. The van der Waals surface area contributed by atoms with Crippen molar-refractivity contribution in [3.8, 4) is 34.0 Å². The summed E-state index contributed by atoms with van der Waals surface area (Å²) in [5.41, 5.74) is 3.16. The minimum atomic E-state index is -0.478. The van der Waals surface area contributed by atoms with Crippen molar-refractivity contribution in [3.05, 3.63) is 84.6 Å². The molecule has 164 valence electrons. The molecule has 0 aliphatic carbocycles. The summed E-state index contributed by atoms with van der Waals surface area (Å²) in [6.45, 7) is 0. The Morgan fingerprint density at radius 3 is 2.70 bits per heavy atom. The van der Waals surface area contributed by atoms with Crippen LogP contribution in [0.1, 0.15) is 0 Å². The molecule has 7 nitrogen and oxygen atoms in total. The number of nitrogens with zero attached hydrogens (tertiary/aromatic N) is 5. The number of benzene rings is 1. The minimum Gasteiger partial charge on any atom is -0.452 e. The van der Waals surface area contributed by atoms with Gasteiger partial charge in [-0.25, -0.2) is 9.37 Å². The molecule has 0 unspecified atom stereocenters. The first kappa shape index (κ1) is 21.1. The van der Waals surface area contributed by atoms with Crippen LogP contribution in [0, 0.1) is 5.82 Å². The van der Waals surface area contributed by atoms with E-state index in [1.807, 2.05) is 36.7 Å². The molecule has 1 N–H and O–H groups in total. The number of anilines is 1. The van der Waals surface area contributed by atoms with Gasteiger partial charge in [-0.3, -0.25) is 14.6 Å². The second kappa shape index (κ2) is 9.39. The summed E-state index contributed by atoms with van der Waals surface area (Å²) in [5, 5.41) is 6.87. The molecule has 0 radical (unpaired) electrons. The Morgan fingerprint density at radius 1 is 1.03 bits per heavy atom. The first-order valence-electron chi connectivity index (χ1n) is 9.86. The monoisotopic (exact) mass is 476 g/mol. The lowest BCUT2D eigenvalue weighted by atomic mass is 10.1. The van der Waals surface area contributed by atoms with Gasteiger partial charge in [0.2, 0.25) is 0 Å². The van der Waals surface area contributed by atoms with Gasteiger partial charge in [0.25, 0.3) is 0 Å². The van der Waals surface area contributed by atoms with E-state index in [1.54, 1.807) is 47.8 Å². The van der Waals surface area contributed by atoms with E-state index in [9.17, 15) is 4.39 Å². The molecule has 10 heteroatoms. The second-order valence-corrected chi connectivity index (χ2v) is 8.66. The Kier molecular flexibility index (Phi) is 6.01. The van der Waals surface area contributed by atoms with Gasteiger partial charge >= 0.3 is 0 Å². The molecule has 1 aromatic carbocycles. The fourth-order valence-corrected chi connectivity index (χ4v) is 4.40. The van der Waals surface area contributed by atoms with Gasteiger partial charge in [-0.1, -0.05) is 0 Å². The van der Waals surface area contributed by atoms with Crippen LogP contribution in [0.15, 0.2) is 83.7 Å². The molecule has 0 atom stereocenters. The van der Waals surface area contributed by atoms with Crippen LogP contribution in [0.25, 0.3) is 22.5 Å². The van der Waals surface area contributed by atoms with Crippen molar-refractivity contribution in [2.75, 3.05) is 4.72 Å². The Balaban J connectivity index is 1.44. The number of hydrogen-bond acceptors (Lipinski definition) is 8. The Hall–Kier alpha value is -3.76. The van der Waals surface area contributed by atoms with Crippen molar-refractivity contribution in [2.24, 2.45) is 7.05 Å². The summed E-state index contributed by atoms with van der Waals surface area (Å²) < 4.78 is 25.7. The summed E-state index contributed by atoms with van der Waals surface area (Å²) in [6, 6.07) is 12.3. The minimum absolute atomic E-state index is 0.105. The zero-order valence-electron chi connectivity index (χ0n) is 17.3. The number of ether oxygens (including phenoxy) is 1. The van der Waals surface area contributed by atoms with Crippen molar-refractivity contribution in [2.45, 2.75) is 4.90 Å². The van der Waals surface area contributed by atoms with E-state index in [2.05, 4.69) is 24.8 Å². The van der Waals surface area contributed by atoms with Gasteiger partial charge in [-0.05, 0) is 54.4 Å². The number of aryl methyl sites for hydroxylation is 1. The van der Waals surface area contributed by atoms with Crippen molar-refractivity contribution >= 4 is 28.4 Å². The van der Waals surface area contributed by atoms with Crippen LogP contribution in [0.4, 0.5) is 9.52 Å². The first-order chi connectivity index (χ1) is 16.2. The third-order valence-corrected chi connectivity index (χ3v) is 6.34. The highest BCUT2D eigenvalue weighted by Crippen LogP contribution is 2.36. The summed E-state index contributed by atoms with van der Waals surface area (Å²) in [6.07, 6.45) is 8.45. The molecule has 4 heterocycles. The molecule has 5 aromatic rings. The van der Waals surface area contributed by atoms with Gasteiger partial charge in [-0.2, -0.15) is 5.10 Å². The van der Waals surface area contributed by atoms with Crippen LogP contribution in [0.5, 0.6) is 11.5 Å². The number of aromatic nitrogens is 5. The molecule has 0 aliphatic heterocycles. The van der Waals surface area contributed by atoms with Gasteiger partial charge in [0.1, 0.15) is 0 Å². The first-order valence-corrected chi connectivity index (χ1v) is 11.6. The summed E-state index contributed by atoms with van der Waals surface area (Å²) in [4.78, 5) is 13.5. The average molecular weight is 477 g/mol. The predicted octanol–water partition coefficient (Wildman–Crippen LogP) is 6.05. The number of nitrogens with one attached hydrogen (secondary N) is 1. The fourth-order valence-electron chi connectivity index (χ4n) is 3.16. The summed E-state index contributed by atoms with van der Waals surface area (Å²) >= 11 is 2.76. The largest absolute Gasteiger partial charge is 0.452 e. The van der Waals surface area contributed by atoms with Crippen molar-refractivity contribution in [1.29, 1.82) is 0 Å². The third-order valence-electron chi connectivity index (χ3n) is 4.73. The van der Waals surface area contributed by atoms with Crippen molar-refractivity contribution < 1.29 is 9.13 Å². The zero-order chi connectivity index (χ0) is 22.6. The van der Waals surface area contributed by atoms with E-state index >= 15 is 0 Å². The maximum Gasteiger partial charge on any atom is 0.192 e. The predicted molar refractivity (Wildman–Crippen MR) is 128 cm³/mol. The lowest BCUT2D eigenvalue weighted by molar-refractivity contribution is 0.440. The number of rotatable bonds is 7. The normalized spacial score (nSPS) is 10.8. The summed E-state index contributed by atoms with van der Waals surface area (Å²) in [5.74, 6) is 0.0487. The van der Waals surface area contributed by atoms with Crippen LogP contribution < -0.4 is 9.46 Å². The van der Waals surface area contributed by atoms with E-state index in [4.69, 9.17) is 4.74 Å². The van der Waals surface area contributed by atoms with Gasteiger partial charge in [0.05, 0.1) is 17.6 Å². The highest BCUT2D eigenvalue weighted by molar-refractivity contribution is 8.00. The summed E-state index contributed by atoms with van der Waals surface area (Å²) in [7, 11) is 1.84. The average Bonchev–Trinajstić information content (AvgIpc) is 3.52. The number of pyridine rings is 2. The fraction of sp³-hybridized carbons (Fsp3) is 0.0435. The van der Waals surface area contributed by atoms with Crippen molar-refractivity contribution in [3.63, 3.8) is 0 Å². The van der Waals surface area contributed by atoms with Gasteiger partial charge in [0.15, 0.2) is 22.4 Å². The number of halogens is 1. The third kappa shape index (κ3) is 4.71. The van der Waals surface area contributed by atoms with Gasteiger partial charge < -0.3 is 9.46 Å². The molecule has 0 bridgehead atoms. The molecule has 0 saturated heterocycles. The molecular formula is C23H17FN6OS2. The highest BCUT2D eigenvalue weighted by Gasteiger charge is 2.16. The Labute approximate surface area is 197 Å². The highest BCUT2D eigenvalue weighted by atomic mass is 32.2. The molecule has 0 spiro atoms. The molecular weight excluding hydrogens is 459 g/mol. The topological polar surface area (TPSA) is 77.8 Å². The molecule has 5 rings (SSSR count). The maximum absolute atomic E-state index is 14.9. The van der Waals surface area contributed by atoms with Crippen LogP contribution in [0.2, 0.25) is 0 Å². The van der Waals surface area contributed by atoms with E-state index in [0.717, 1.165) is 27.6 Å². The van der Waals surface area contributed by atoms with Gasteiger partial charge in [-0.15, -0.1) is 11.3 Å². The number of thiazole rings is 1. The molecule has 4 aromatic heterocycles. The van der Waals surface area contributed by atoms with Crippen LogP contribution in [-0.4, -0.2) is 24.7 Å². The molecule has 0 amide bonds. The van der Waals surface area contributed by atoms with Crippen LogP contribution in [0.3, 0.4) is 0 Å². The second-order valence-electron chi connectivity index (χ2n) is 6.88. The standard InChI is InChI=1S/C23H17FN6OS2/c1-30-20(6-8-28-30)17-12-19(15-3-2-7-25-13-15)27-14-22(17)31-21-5-4-16(11-18(21)24)33-29-23-26-9-10-32-23/h2-14H,1H3,(H,26,29). The quantitative estimate of drug-likeness (QED) is 0.286. The number of hydrogen-bond donors (Lipinski definition) is 1. The van der Waals surface area contributed by atoms with Crippen LogP contribution >= 0.6 is 23.3 Å². The lowest BCUT2D eigenvalue weighted by Crippen LogP contribution is -1.98. The molecule has 0 saturated carbocycles. The van der Waals surface area contributed by atoms with E-state index in [0.29, 0.717) is 10.6 Å². The molecule has 0 aliphatic rings. The van der Waals surface area contributed by atoms with E-state index < -0.39 is 5.82 Å². The lowest BCUT2D eigenvalue weighted by Gasteiger charge is -2.14. The van der Waals surface area contributed by atoms with E-state index in [1.165, 1.54) is 29.4 Å².